The summed E-state index contributed by atoms with van der Waals surface area (Å²) in [6, 6.07) is 12.3. The predicted octanol–water partition coefficient (Wildman–Crippen LogP) is 1.68. The molecule has 1 amide bonds. The van der Waals surface area contributed by atoms with Gasteiger partial charge in [0.25, 0.3) is 5.56 Å². The Labute approximate surface area is 139 Å². The van der Waals surface area contributed by atoms with Crippen LogP contribution in [-0.2, 0) is 17.8 Å². The average Bonchev–Trinajstić information content (AvgIpc) is 2.55. The molecule has 0 bridgehead atoms. The quantitative estimate of drug-likeness (QED) is 0.809. The maximum Gasteiger partial charge on any atom is 0.337 e. The minimum atomic E-state index is -1.14. The Hall–Kier alpha value is -2.89. The van der Waals surface area contributed by atoms with E-state index in [0.29, 0.717) is 0 Å². The first kappa shape index (κ1) is 17.5. The smallest absolute Gasteiger partial charge is 0.337 e. The van der Waals surface area contributed by atoms with Crippen molar-refractivity contribution < 1.29 is 14.7 Å². The number of nitrogens with one attached hydrogen (secondary N) is 1. The van der Waals surface area contributed by atoms with Gasteiger partial charge < -0.3 is 15.0 Å². The van der Waals surface area contributed by atoms with E-state index >= 15 is 0 Å². The minimum absolute atomic E-state index is 0.0282. The van der Waals surface area contributed by atoms with E-state index < -0.39 is 11.5 Å². The van der Waals surface area contributed by atoms with Gasteiger partial charge in [0.2, 0.25) is 5.91 Å². The molecule has 0 saturated carbocycles. The highest BCUT2D eigenvalue weighted by Crippen LogP contribution is 2.05. The summed E-state index contributed by atoms with van der Waals surface area (Å²) < 4.78 is 1.10. The number of hydrogen-bond donors (Lipinski definition) is 2. The van der Waals surface area contributed by atoms with Gasteiger partial charge in [0.15, 0.2) is 0 Å². The number of benzene rings is 1. The molecule has 1 aromatic heterocycles. The number of carboxylic acid groups (broad SMARTS) is 1. The molecule has 6 heteroatoms. The van der Waals surface area contributed by atoms with Crippen LogP contribution in [-0.4, -0.2) is 27.6 Å². The van der Waals surface area contributed by atoms with Gasteiger partial charge >= 0.3 is 5.97 Å². The summed E-state index contributed by atoms with van der Waals surface area (Å²) in [7, 11) is 0. The predicted molar refractivity (Wildman–Crippen MR) is 90.0 cm³/mol. The molecule has 0 spiro atoms. The summed E-state index contributed by atoms with van der Waals surface area (Å²) in [6.07, 6.45) is 2.80. The van der Waals surface area contributed by atoms with Crippen LogP contribution in [0.3, 0.4) is 0 Å². The zero-order chi connectivity index (χ0) is 17.5. The van der Waals surface area contributed by atoms with Gasteiger partial charge in [0.05, 0.1) is 5.56 Å². The Morgan fingerprint density at radius 3 is 2.54 bits per heavy atom. The van der Waals surface area contributed by atoms with Crippen molar-refractivity contribution in [3.63, 3.8) is 0 Å². The number of carboxylic acids is 1. The lowest BCUT2D eigenvalue weighted by Crippen LogP contribution is -2.37. The highest BCUT2D eigenvalue weighted by Gasteiger charge is 2.11. The third-order valence-electron chi connectivity index (χ3n) is 3.66. The minimum Gasteiger partial charge on any atom is -0.478 e. The monoisotopic (exact) mass is 328 g/mol. The molecule has 6 nitrogen and oxygen atoms in total. The van der Waals surface area contributed by atoms with Crippen LogP contribution in [0.2, 0.25) is 0 Å². The van der Waals surface area contributed by atoms with Gasteiger partial charge in [-0.15, -0.1) is 0 Å². The molecular weight excluding hydrogens is 308 g/mol. The molecule has 0 saturated heterocycles. The Bertz CT molecular complexity index is 768. The van der Waals surface area contributed by atoms with Crippen LogP contribution in [0, 0.1) is 0 Å². The molecule has 2 aromatic rings. The van der Waals surface area contributed by atoms with Gasteiger partial charge in [-0.2, -0.15) is 0 Å². The van der Waals surface area contributed by atoms with Crippen LogP contribution in [0.25, 0.3) is 0 Å². The Morgan fingerprint density at radius 2 is 1.88 bits per heavy atom. The van der Waals surface area contributed by atoms with Crippen molar-refractivity contribution in [3.05, 3.63) is 70.1 Å². The fourth-order valence-corrected chi connectivity index (χ4v) is 2.36. The third-order valence-corrected chi connectivity index (χ3v) is 3.66. The van der Waals surface area contributed by atoms with Crippen LogP contribution in [0.4, 0.5) is 0 Å². The molecular formula is C18H20N2O4. The first-order chi connectivity index (χ1) is 11.5. The van der Waals surface area contributed by atoms with Gasteiger partial charge in [-0.05, 0) is 31.4 Å². The third kappa shape index (κ3) is 5.08. The molecule has 0 fully saturated rings. The largest absolute Gasteiger partial charge is 0.478 e. The summed E-state index contributed by atoms with van der Waals surface area (Å²) in [6.45, 7) is 1.70. The Morgan fingerprint density at radius 1 is 1.17 bits per heavy atom. The van der Waals surface area contributed by atoms with Gasteiger partial charge in [0, 0.05) is 18.3 Å². The van der Waals surface area contributed by atoms with Crippen LogP contribution in [0.1, 0.15) is 29.3 Å². The van der Waals surface area contributed by atoms with E-state index in [-0.39, 0.29) is 24.1 Å². The van der Waals surface area contributed by atoms with E-state index in [1.807, 2.05) is 37.3 Å². The number of carbonyl (C=O) groups excluding carboxylic acids is 1. The average molecular weight is 328 g/mol. The van der Waals surface area contributed by atoms with E-state index in [1.54, 1.807) is 0 Å². The molecule has 2 rings (SSSR count). The number of carbonyl (C=O) groups is 2. The topological polar surface area (TPSA) is 88.4 Å². The normalized spacial score (nSPS) is 11.7. The second-order valence-corrected chi connectivity index (χ2v) is 5.68. The first-order valence-corrected chi connectivity index (χ1v) is 7.73. The van der Waals surface area contributed by atoms with Crippen LogP contribution in [0.15, 0.2) is 53.5 Å². The molecule has 2 N–H and O–H groups in total. The zero-order valence-electron chi connectivity index (χ0n) is 13.4. The summed E-state index contributed by atoms with van der Waals surface area (Å²) in [5.74, 6) is -1.46. The lowest BCUT2D eigenvalue weighted by Gasteiger charge is -2.14. The number of amides is 1. The Balaban J connectivity index is 1.89. The lowest BCUT2D eigenvalue weighted by atomic mass is 10.1. The second kappa shape index (κ2) is 8.10. The summed E-state index contributed by atoms with van der Waals surface area (Å²) >= 11 is 0. The van der Waals surface area contributed by atoms with Crippen molar-refractivity contribution in [1.29, 1.82) is 0 Å². The second-order valence-electron chi connectivity index (χ2n) is 5.68. The fourth-order valence-electron chi connectivity index (χ4n) is 2.36. The standard InChI is InChI=1S/C18H20N2O4/c1-13(7-8-14-5-3-2-4-6-14)19-16(21)12-20-11-15(18(23)24)9-10-17(20)22/h2-6,9-11,13H,7-8,12H2,1H3,(H,19,21)(H,23,24)/t13-/m1/s1. The van der Waals surface area contributed by atoms with Crippen molar-refractivity contribution >= 4 is 11.9 Å². The molecule has 1 aromatic carbocycles. The molecule has 1 atom stereocenters. The van der Waals surface area contributed by atoms with Crippen LogP contribution < -0.4 is 10.9 Å². The summed E-state index contributed by atoms with van der Waals surface area (Å²) in [5, 5.41) is 11.8. The van der Waals surface area contributed by atoms with E-state index in [2.05, 4.69) is 5.32 Å². The van der Waals surface area contributed by atoms with Gasteiger partial charge in [-0.25, -0.2) is 4.79 Å². The van der Waals surface area contributed by atoms with Crippen molar-refractivity contribution in [2.45, 2.75) is 32.4 Å². The molecule has 0 unspecified atom stereocenters. The number of pyridine rings is 1. The molecule has 0 radical (unpaired) electrons. The zero-order valence-corrected chi connectivity index (χ0v) is 13.4. The van der Waals surface area contributed by atoms with Crippen molar-refractivity contribution in [2.24, 2.45) is 0 Å². The number of hydrogen-bond acceptors (Lipinski definition) is 3. The van der Waals surface area contributed by atoms with Crippen molar-refractivity contribution in [2.75, 3.05) is 0 Å². The molecule has 1 heterocycles. The first-order valence-electron chi connectivity index (χ1n) is 7.73. The van der Waals surface area contributed by atoms with Gasteiger partial charge in [-0.3, -0.25) is 9.59 Å². The van der Waals surface area contributed by atoms with Crippen LogP contribution >= 0.6 is 0 Å². The van der Waals surface area contributed by atoms with E-state index in [1.165, 1.54) is 17.8 Å². The highest BCUT2D eigenvalue weighted by molar-refractivity contribution is 5.87. The highest BCUT2D eigenvalue weighted by atomic mass is 16.4. The number of nitrogens with zero attached hydrogens (tertiary/aromatic N) is 1. The van der Waals surface area contributed by atoms with Crippen molar-refractivity contribution in [1.82, 2.24) is 9.88 Å². The van der Waals surface area contributed by atoms with Gasteiger partial charge in [0.1, 0.15) is 6.54 Å². The molecule has 24 heavy (non-hydrogen) atoms. The van der Waals surface area contributed by atoms with E-state index in [9.17, 15) is 14.4 Å². The maximum absolute atomic E-state index is 12.0. The number of aromatic carboxylic acids is 1. The fraction of sp³-hybridized carbons (Fsp3) is 0.278. The Kier molecular flexibility index (Phi) is 5.89. The lowest BCUT2D eigenvalue weighted by molar-refractivity contribution is -0.122. The number of rotatable bonds is 7. The van der Waals surface area contributed by atoms with Gasteiger partial charge in [-0.1, -0.05) is 30.3 Å². The van der Waals surface area contributed by atoms with E-state index in [0.717, 1.165) is 23.5 Å². The molecule has 0 aliphatic heterocycles. The molecule has 126 valence electrons. The van der Waals surface area contributed by atoms with Crippen molar-refractivity contribution in [3.8, 4) is 0 Å². The number of aromatic nitrogens is 1. The summed E-state index contributed by atoms with van der Waals surface area (Å²) in [5.41, 5.74) is 0.760. The van der Waals surface area contributed by atoms with Crippen LogP contribution in [0.5, 0.6) is 0 Å². The molecule has 0 aliphatic rings. The summed E-state index contributed by atoms with van der Waals surface area (Å²) in [4.78, 5) is 34.7. The molecule has 0 aliphatic carbocycles. The van der Waals surface area contributed by atoms with E-state index in [4.69, 9.17) is 5.11 Å². The SMILES string of the molecule is C[C@H](CCc1ccccc1)NC(=O)Cn1cc(C(=O)O)ccc1=O. The number of aryl methyl sites for hydroxylation is 1. The maximum atomic E-state index is 12.0.